The minimum Gasteiger partial charge on any atom is -0.480 e. The zero-order chi connectivity index (χ0) is 11.8. The molecule has 0 aromatic heterocycles. The van der Waals surface area contributed by atoms with Crippen LogP contribution >= 0.6 is 0 Å². The molecular formula is C12H23NO3. The van der Waals surface area contributed by atoms with Crippen LogP contribution in [0.1, 0.15) is 38.5 Å². The number of rotatable bonds is 7. The Hall–Kier alpha value is -0.610. The van der Waals surface area contributed by atoms with Crippen molar-refractivity contribution in [1.82, 2.24) is 5.32 Å². The summed E-state index contributed by atoms with van der Waals surface area (Å²) in [5, 5.41) is 11.9. The van der Waals surface area contributed by atoms with Crippen LogP contribution in [0.4, 0.5) is 0 Å². The van der Waals surface area contributed by atoms with E-state index >= 15 is 0 Å². The topological polar surface area (TPSA) is 58.6 Å². The second-order valence-corrected chi connectivity index (χ2v) is 4.59. The molecule has 0 aromatic rings. The van der Waals surface area contributed by atoms with Gasteiger partial charge in [-0.05, 0) is 18.9 Å². The van der Waals surface area contributed by atoms with Gasteiger partial charge in [0, 0.05) is 7.11 Å². The molecule has 1 fully saturated rings. The number of aliphatic carboxylic acids is 1. The molecule has 0 saturated heterocycles. The summed E-state index contributed by atoms with van der Waals surface area (Å²) in [6.07, 6.45) is 7.75. The lowest BCUT2D eigenvalue weighted by Gasteiger charge is -2.22. The summed E-state index contributed by atoms with van der Waals surface area (Å²) in [6.45, 7) is 1.02. The lowest BCUT2D eigenvalue weighted by atomic mass is 9.87. The SMILES string of the molecule is COCC(NCCC1CCCCC1)C(=O)O. The predicted molar refractivity (Wildman–Crippen MR) is 62.5 cm³/mol. The second kappa shape index (κ2) is 7.63. The van der Waals surface area contributed by atoms with Crippen LogP contribution in [0.5, 0.6) is 0 Å². The Morgan fingerprint density at radius 3 is 2.69 bits per heavy atom. The maximum Gasteiger partial charge on any atom is 0.323 e. The number of ether oxygens (including phenoxy) is 1. The first kappa shape index (κ1) is 13.5. The number of methoxy groups -OCH3 is 1. The minimum absolute atomic E-state index is 0.236. The number of hydrogen-bond donors (Lipinski definition) is 2. The van der Waals surface area contributed by atoms with Crippen LogP contribution in [0.25, 0.3) is 0 Å². The van der Waals surface area contributed by atoms with Crippen LogP contribution in [0.3, 0.4) is 0 Å². The van der Waals surface area contributed by atoms with Crippen LogP contribution in [-0.2, 0) is 9.53 Å². The summed E-state index contributed by atoms with van der Waals surface area (Å²) >= 11 is 0. The van der Waals surface area contributed by atoms with Crippen molar-refractivity contribution in [3.8, 4) is 0 Å². The molecule has 4 heteroatoms. The van der Waals surface area contributed by atoms with Gasteiger partial charge in [-0.1, -0.05) is 32.1 Å². The summed E-state index contributed by atoms with van der Waals surface area (Å²) in [5.41, 5.74) is 0. The lowest BCUT2D eigenvalue weighted by molar-refractivity contribution is -0.140. The van der Waals surface area contributed by atoms with Crippen LogP contribution < -0.4 is 5.32 Å². The highest BCUT2D eigenvalue weighted by atomic mass is 16.5. The average molecular weight is 229 g/mol. The van der Waals surface area contributed by atoms with E-state index in [2.05, 4.69) is 5.32 Å². The van der Waals surface area contributed by atoms with Crippen molar-refractivity contribution in [1.29, 1.82) is 0 Å². The third-order valence-corrected chi connectivity index (χ3v) is 3.30. The quantitative estimate of drug-likeness (QED) is 0.697. The van der Waals surface area contributed by atoms with Crippen molar-refractivity contribution in [3.63, 3.8) is 0 Å². The van der Waals surface area contributed by atoms with Crippen molar-refractivity contribution in [2.75, 3.05) is 20.3 Å². The molecule has 0 bridgehead atoms. The second-order valence-electron chi connectivity index (χ2n) is 4.59. The fourth-order valence-corrected chi connectivity index (χ4v) is 2.32. The molecule has 0 spiro atoms. The van der Waals surface area contributed by atoms with E-state index in [0.29, 0.717) is 0 Å². The highest BCUT2D eigenvalue weighted by Gasteiger charge is 2.18. The molecule has 0 heterocycles. The molecule has 0 aliphatic heterocycles. The lowest BCUT2D eigenvalue weighted by Crippen LogP contribution is -2.41. The predicted octanol–water partition coefficient (Wildman–Crippen LogP) is 1.65. The van der Waals surface area contributed by atoms with Crippen molar-refractivity contribution in [2.45, 2.75) is 44.6 Å². The number of carboxylic acids is 1. The molecule has 1 aliphatic rings. The molecule has 94 valence electrons. The third kappa shape index (κ3) is 4.94. The van der Waals surface area contributed by atoms with E-state index in [1.807, 2.05) is 0 Å². The van der Waals surface area contributed by atoms with Crippen LogP contribution in [0, 0.1) is 5.92 Å². The molecule has 1 atom stereocenters. The first-order valence-corrected chi connectivity index (χ1v) is 6.19. The van der Waals surface area contributed by atoms with E-state index in [4.69, 9.17) is 9.84 Å². The molecule has 0 aromatic carbocycles. The Labute approximate surface area is 97.4 Å². The third-order valence-electron chi connectivity index (χ3n) is 3.30. The smallest absolute Gasteiger partial charge is 0.323 e. The van der Waals surface area contributed by atoms with Crippen molar-refractivity contribution in [2.24, 2.45) is 5.92 Å². The maximum absolute atomic E-state index is 10.8. The van der Waals surface area contributed by atoms with Gasteiger partial charge < -0.3 is 15.2 Å². The van der Waals surface area contributed by atoms with Gasteiger partial charge in [0.1, 0.15) is 6.04 Å². The number of nitrogens with one attached hydrogen (secondary N) is 1. The summed E-state index contributed by atoms with van der Waals surface area (Å²) in [6, 6.07) is -0.561. The monoisotopic (exact) mass is 229 g/mol. The highest BCUT2D eigenvalue weighted by Crippen LogP contribution is 2.25. The van der Waals surface area contributed by atoms with Crippen LogP contribution in [0.15, 0.2) is 0 Å². The van der Waals surface area contributed by atoms with Gasteiger partial charge in [0.05, 0.1) is 6.61 Å². The van der Waals surface area contributed by atoms with Crippen molar-refractivity contribution in [3.05, 3.63) is 0 Å². The molecule has 1 aliphatic carbocycles. The Morgan fingerprint density at radius 1 is 1.44 bits per heavy atom. The maximum atomic E-state index is 10.8. The molecule has 0 amide bonds. The van der Waals surface area contributed by atoms with Crippen molar-refractivity contribution >= 4 is 5.97 Å². The van der Waals surface area contributed by atoms with Gasteiger partial charge in [-0.3, -0.25) is 4.79 Å². The zero-order valence-corrected chi connectivity index (χ0v) is 10.1. The Morgan fingerprint density at radius 2 is 2.12 bits per heavy atom. The summed E-state index contributed by atoms with van der Waals surface area (Å²) < 4.78 is 4.86. The Balaban J connectivity index is 2.13. The van der Waals surface area contributed by atoms with Gasteiger partial charge in [-0.15, -0.1) is 0 Å². The Bertz CT molecular complexity index is 202. The summed E-state index contributed by atoms with van der Waals surface area (Å²) in [5.74, 6) is -0.0382. The first-order valence-electron chi connectivity index (χ1n) is 6.19. The van der Waals surface area contributed by atoms with Gasteiger partial charge in [-0.2, -0.15) is 0 Å². The minimum atomic E-state index is -0.828. The molecule has 1 rings (SSSR count). The highest BCUT2D eigenvalue weighted by molar-refractivity contribution is 5.73. The largest absolute Gasteiger partial charge is 0.480 e. The van der Waals surface area contributed by atoms with Gasteiger partial charge in [-0.25, -0.2) is 0 Å². The zero-order valence-electron chi connectivity index (χ0n) is 10.1. The van der Waals surface area contributed by atoms with E-state index < -0.39 is 12.0 Å². The van der Waals surface area contributed by atoms with E-state index in [-0.39, 0.29) is 6.61 Å². The van der Waals surface area contributed by atoms with Gasteiger partial charge in [0.2, 0.25) is 0 Å². The number of carbonyl (C=O) groups is 1. The molecule has 1 unspecified atom stereocenters. The fourth-order valence-electron chi connectivity index (χ4n) is 2.32. The van der Waals surface area contributed by atoms with E-state index in [0.717, 1.165) is 18.9 Å². The van der Waals surface area contributed by atoms with Gasteiger partial charge >= 0.3 is 5.97 Å². The van der Waals surface area contributed by atoms with E-state index in [9.17, 15) is 4.79 Å². The fraction of sp³-hybridized carbons (Fsp3) is 0.917. The molecule has 0 radical (unpaired) electrons. The molecular weight excluding hydrogens is 206 g/mol. The molecule has 1 saturated carbocycles. The first-order chi connectivity index (χ1) is 7.74. The molecule has 4 nitrogen and oxygen atoms in total. The van der Waals surface area contributed by atoms with E-state index in [1.54, 1.807) is 0 Å². The van der Waals surface area contributed by atoms with Crippen molar-refractivity contribution < 1.29 is 14.6 Å². The molecule has 16 heavy (non-hydrogen) atoms. The van der Waals surface area contributed by atoms with E-state index in [1.165, 1.54) is 39.2 Å². The van der Waals surface area contributed by atoms with Crippen LogP contribution in [-0.4, -0.2) is 37.4 Å². The Kier molecular flexibility index (Phi) is 6.42. The summed E-state index contributed by atoms with van der Waals surface area (Å²) in [7, 11) is 1.53. The van der Waals surface area contributed by atoms with Gasteiger partial charge in [0.15, 0.2) is 0 Å². The van der Waals surface area contributed by atoms with Crippen LogP contribution in [0.2, 0.25) is 0 Å². The van der Waals surface area contributed by atoms with Gasteiger partial charge in [0.25, 0.3) is 0 Å². The average Bonchev–Trinajstić information content (AvgIpc) is 2.29. The summed E-state index contributed by atoms with van der Waals surface area (Å²) in [4.78, 5) is 10.8. The number of carboxylic acid groups (broad SMARTS) is 1. The number of hydrogen-bond acceptors (Lipinski definition) is 3. The molecule has 2 N–H and O–H groups in total. The normalized spacial score (nSPS) is 19.6. The standard InChI is InChI=1S/C12H23NO3/c1-16-9-11(12(14)15)13-8-7-10-5-3-2-4-6-10/h10-11,13H,2-9H2,1H3,(H,14,15).